The van der Waals surface area contributed by atoms with Crippen molar-refractivity contribution in [2.75, 3.05) is 0 Å². The Balaban J connectivity index is 1.77. The first kappa shape index (κ1) is 14.3. The van der Waals surface area contributed by atoms with Gasteiger partial charge in [-0.15, -0.1) is 0 Å². The standard InChI is InChI=1S/C16H17N3O3/c1-10(19(21)16(17)20)15-9-14(18-22-15)13-7-6-11-4-2-3-5-12(11)8-13/h2-8,10,15,21H,9H2,1H3,(H2,17,20). The normalized spacial score (nSPS) is 18.6. The highest BCUT2D eigenvalue weighted by molar-refractivity contribution is 6.04. The van der Waals surface area contributed by atoms with Gasteiger partial charge in [-0.2, -0.15) is 5.06 Å². The van der Waals surface area contributed by atoms with Gasteiger partial charge in [0.2, 0.25) is 0 Å². The van der Waals surface area contributed by atoms with E-state index in [0.717, 1.165) is 22.0 Å². The summed E-state index contributed by atoms with van der Waals surface area (Å²) >= 11 is 0. The van der Waals surface area contributed by atoms with E-state index in [1.807, 2.05) is 36.4 Å². The van der Waals surface area contributed by atoms with Crippen LogP contribution in [-0.4, -0.2) is 34.2 Å². The molecule has 6 heteroatoms. The number of carbonyl (C=O) groups excluding carboxylic acids is 1. The predicted octanol–water partition coefficient (Wildman–Crippen LogP) is 2.49. The molecular formula is C16H17N3O3. The van der Waals surface area contributed by atoms with E-state index in [1.54, 1.807) is 6.92 Å². The summed E-state index contributed by atoms with van der Waals surface area (Å²) in [6.45, 7) is 1.66. The lowest BCUT2D eigenvalue weighted by molar-refractivity contribution is -0.111. The molecule has 114 valence electrons. The predicted molar refractivity (Wildman–Crippen MR) is 82.6 cm³/mol. The van der Waals surface area contributed by atoms with Crippen LogP contribution >= 0.6 is 0 Å². The first-order chi connectivity index (χ1) is 10.6. The van der Waals surface area contributed by atoms with Gasteiger partial charge in [-0.3, -0.25) is 5.21 Å². The molecule has 2 amide bonds. The van der Waals surface area contributed by atoms with Crippen molar-refractivity contribution in [2.45, 2.75) is 25.5 Å². The lowest BCUT2D eigenvalue weighted by atomic mass is 9.99. The van der Waals surface area contributed by atoms with Gasteiger partial charge in [-0.25, -0.2) is 4.79 Å². The summed E-state index contributed by atoms with van der Waals surface area (Å²) in [5, 5.41) is 16.4. The number of hydroxylamine groups is 2. The van der Waals surface area contributed by atoms with Gasteiger partial charge in [-0.1, -0.05) is 41.6 Å². The van der Waals surface area contributed by atoms with Crippen LogP contribution in [0.2, 0.25) is 0 Å². The van der Waals surface area contributed by atoms with Crippen LogP contribution in [0.5, 0.6) is 0 Å². The van der Waals surface area contributed by atoms with Crippen molar-refractivity contribution in [2.24, 2.45) is 10.9 Å². The van der Waals surface area contributed by atoms with E-state index in [4.69, 9.17) is 10.6 Å². The molecule has 0 saturated heterocycles. The van der Waals surface area contributed by atoms with Crippen molar-refractivity contribution in [1.82, 2.24) is 5.06 Å². The zero-order chi connectivity index (χ0) is 15.7. The monoisotopic (exact) mass is 299 g/mol. The number of carbonyl (C=O) groups is 1. The molecule has 2 aromatic carbocycles. The van der Waals surface area contributed by atoms with Crippen LogP contribution in [0.1, 0.15) is 18.9 Å². The summed E-state index contributed by atoms with van der Waals surface area (Å²) in [5.74, 6) is 0. The SMILES string of the molecule is CC(C1CC(c2ccc3ccccc3c2)=NO1)N(O)C(N)=O. The van der Waals surface area contributed by atoms with Crippen LogP contribution in [0.25, 0.3) is 10.8 Å². The second-order valence-electron chi connectivity index (χ2n) is 5.37. The van der Waals surface area contributed by atoms with E-state index < -0.39 is 18.2 Å². The van der Waals surface area contributed by atoms with Crippen molar-refractivity contribution in [3.63, 3.8) is 0 Å². The third-order valence-electron chi connectivity index (χ3n) is 3.93. The maximum absolute atomic E-state index is 11.0. The smallest absolute Gasteiger partial charge is 0.338 e. The minimum Gasteiger partial charge on any atom is -0.390 e. The molecule has 0 radical (unpaired) electrons. The summed E-state index contributed by atoms with van der Waals surface area (Å²) in [7, 11) is 0. The molecule has 0 saturated carbocycles. The number of fused-ring (bicyclic) bond motifs is 1. The number of oxime groups is 1. The molecule has 6 nitrogen and oxygen atoms in total. The molecule has 2 atom stereocenters. The summed E-state index contributed by atoms with van der Waals surface area (Å²) < 4.78 is 0. The Morgan fingerprint density at radius 3 is 2.82 bits per heavy atom. The number of benzene rings is 2. The third kappa shape index (κ3) is 2.60. The van der Waals surface area contributed by atoms with Crippen molar-refractivity contribution < 1.29 is 14.8 Å². The van der Waals surface area contributed by atoms with Crippen molar-refractivity contribution in [1.29, 1.82) is 0 Å². The number of rotatable bonds is 3. The van der Waals surface area contributed by atoms with Gasteiger partial charge in [0.1, 0.15) is 0 Å². The molecule has 1 aliphatic heterocycles. The molecule has 3 rings (SSSR count). The maximum atomic E-state index is 11.0. The first-order valence-corrected chi connectivity index (χ1v) is 7.05. The number of urea groups is 1. The second-order valence-corrected chi connectivity index (χ2v) is 5.37. The number of nitrogens with zero attached hydrogens (tertiary/aromatic N) is 2. The van der Waals surface area contributed by atoms with Gasteiger partial charge < -0.3 is 10.6 Å². The average Bonchev–Trinajstić information content (AvgIpc) is 3.02. The number of hydrogen-bond acceptors (Lipinski definition) is 4. The van der Waals surface area contributed by atoms with Crippen molar-refractivity contribution >= 4 is 22.5 Å². The summed E-state index contributed by atoms with van der Waals surface area (Å²) in [4.78, 5) is 16.3. The quantitative estimate of drug-likeness (QED) is 0.674. The van der Waals surface area contributed by atoms with Crippen LogP contribution in [0, 0.1) is 0 Å². The van der Waals surface area contributed by atoms with Gasteiger partial charge in [-0.05, 0) is 23.8 Å². The van der Waals surface area contributed by atoms with E-state index in [9.17, 15) is 10.0 Å². The summed E-state index contributed by atoms with van der Waals surface area (Å²) in [5.41, 5.74) is 6.82. The topological polar surface area (TPSA) is 88.2 Å². The highest BCUT2D eigenvalue weighted by Crippen LogP contribution is 2.23. The number of primary amides is 1. The van der Waals surface area contributed by atoms with E-state index in [-0.39, 0.29) is 0 Å². The lowest BCUT2D eigenvalue weighted by Crippen LogP contribution is -2.45. The van der Waals surface area contributed by atoms with Crippen LogP contribution in [0.15, 0.2) is 47.6 Å². The molecule has 22 heavy (non-hydrogen) atoms. The molecule has 3 N–H and O–H groups in total. The van der Waals surface area contributed by atoms with Crippen molar-refractivity contribution in [3.8, 4) is 0 Å². The molecule has 0 fully saturated rings. The van der Waals surface area contributed by atoms with E-state index in [2.05, 4.69) is 11.2 Å². The zero-order valence-corrected chi connectivity index (χ0v) is 12.1. The maximum Gasteiger partial charge on any atom is 0.338 e. The fourth-order valence-corrected chi connectivity index (χ4v) is 2.55. The molecule has 0 aromatic heterocycles. The highest BCUT2D eigenvalue weighted by Gasteiger charge is 2.32. The first-order valence-electron chi connectivity index (χ1n) is 7.05. The van der Waals surface area contributed by atoms with E-state index in [1.165, 1.54) is 0 Å². The van der Waals surface area contributed by atoms with Crippen LogP contribution in [0.3, 0.4) is 0 Å². The Labute approximate surface area is 127 Å². The third-order valence-corrected chi connectivity index (χ3v) is 3.93. The lowest BCUT2D eigenvalue weighted by Gasteiger charge is -2.24. The van der Waals surface area contributed by atoms with Crippen LogP contribution in [0.4, 0.5) is 4.79 Å². The highest BCUT2D eigenvalue weighted by atomic mass is 16.6. The molecule has 1 aliphatic rings. The Hall–Kier alpha value is -2.60. The van der Waals surface area contributed by atoms with E-state index in [0.29, 0.717) is 11.5 Å². The summed E-state index contributed by atoms with van der Waals surface area (Å²) in [6.07, 6.45) is 0.0862. The summed E-state index contributed by atoms with van der Waals surface area (Å²) in [6, 6.07) is 12.7. The van der Waals surface area contributed by atoms with Gasteiger partial charge in [0, 0.05) is 12.0 Å². The Bertz CT molecular complexity index is 744. The number of amides is 2. The minimum absolute atomic E-state index is 0.418. The fourth-order valence-electron chi connectivity index (χ4n) is 2.55. The average molecular weight is 299 g/mol. The van der Waals surface area contributed by atoms with Gasteiger partial charge in [0.25, 0.3) is 0 Å². The number of nitrogens with two attached hydrogens (primary N) is 1. The molecule has 1 heterocycles. The molecule has 2 unspecified atom stereocenters. The van der Waals surface area contributed by atoms with E-state index >= 15 is 0 Å². The van der Waals surface area contributed by atoms with Crippen LogP contribution < -0.4 is 5.73 Å². The fraction of sp³-hybridized carbons (Fsp3) is 0.250. The van der Waals surface area contributed by atoms with Gasteiger partial charge in [0.15, 0.2) is 6.10 Å². The number of hydrogen-bond donors (Lipinski definition) is 2. The molecule has 0 bridgehead atoms. The molecule has 0 spiro atoms. The second kappa shape index (κ2) is 5.65. The molecular weight excluding hydrogens is 282 g/mol. The zero-order valence-electron chi connectivity index (χ0n) is 12.1. The van der Waals surface area contributed by atoms with Crippen LogP contribution in [-0.2, 0) is 4.84 Å². The van der Waals surface area contributed by atoms with Gasteiger partial charge in [0.05, 0.1) is 11.8 Å². The molecule has 2 aromatic rings. The van der Waals surface area contributed by atoms with Crippen molar-refractivity contribution in [3.05, 3.63) is 48.0 Å². The Morgan fingerprint density at radius 1 is 1.36 bits per heavy atom. The minimum atomic E-state index is -0.907. The Kier molecular flexibility index (Phi) is 3.68. The molecule has 0 aliphatic carbocycles. The Morgan fingerprint density at radius 2 is 2.09 bits per heavy atom. The largest absolute Gasteiger partial charge is 0.390 e. The van der Waals surface area contributed by atoms with Gasteiger partial charge >= 0.3 is 6.03 Å².